The van der Waals surface area contributed by atoms with E-state index in [1.54, 1.807) is 0 Å². The van der Waals surface area contributed by atoms with Crippen LogP contribution in [0.15, 0.2) is 12.4 Å². The van der Waals surface area contributed by atoms with E-state index in [9.17, 15) is 9.18 Å². The van der Waals surface area contributed by atoms with Crippen LogP contribution in [-0.2, 0) is 4.79 Å². The molecule has 9 heavy (non-hydrogen) atoms. The molecule has 0 bridgehead atoms. The number of hydrogen-bond donors (Lipinski definition) is 1. The lowest BCUT2D eigenvalue weighted by Crippen LogP contribution is -2.31. The minimum Gasteiger partial charge on any atom is -0.369 e. The van der Waals surface area contributed by atoms with Crippen molar-refractivity contribution in [3.05, 3.63) is 12.4 Å². The van der Waals surface area contributed by atoms with Crippen molar-refractivity contribution in [2.45, 2.75) is 13.8 Å². The number of amides is 1. The number of rotatable bonds is 2. The first-order chi connectivity index (χ1) is 3.89. The summed E-state index contributed by atoms with van der Waals surface area (Å²) in [5.74, 6) is -1.40. The van der Waals surface area contributed by atoms with E-state index in [2.05, 4.69) is 6.58 Å². The fraction of sp³-hybridized carbons (Fsp3) is 0.500. The normalized spacial score (nSPS) is 11.0. The molecule has 2 N–H and O–H groups in total. The Morgan fingerprint density at radius 1 is 1.67 bits per heavy atom. The molecule has 3 heteroatoms. The van der Waals surface area contributed by atoms with Crippen LogP contribution in [0.25, 0.3) is 0 Å². The summed E-state index contributed by atoms with van der Waals surface area (Å²) < 4.78 is 12.2. The molecule has 0 saturated carbocycles. The van der Waals surface area contributed by atoms with Crippen molar-refractivity contribution in [1.29, 1.82) is 0 Å². The Hall–Kier alpha value is -0.860. The molecule has 0 radical (unpaired) electrons. The summed E-state index contributed by atoms with van der Waals surface area (Å²) in [6, 6.07) is 0. The van der Waals surface area contributed by atoms with Crippen LogP contribution in [0.3, 0.4) is 0 Å². The van der Waals surface area contributed by atoms with Gasteiger partial charge in [-0.15, -0.1) is 0 Å². The van der Waals surface area contributed by atoms with Crippen molar-refractivity contribution in [3.8, 4) is 0 Å². The average molecular weight is 131 g/mol. The van der Waals surface area contributed by atoms with Gasteiger partial charge in [0, 0.05) is 0 Å². The molecular weight excluding hydrogens is 121 g/mol. The number of hydrogen-bond acceptors (Lipinski definition) is 1. The molecule has 0 spiro atoms. The van der Waals surface area contributed by atoms with Crippen LogP contribution in [0.1, 0.15) is 13.8 Å². The van der Waals surface area contributed by atoms with Crippen molar-refractivity contribution in [2.24, 2.45) is 11.1 Å². The highest BCUT2D eigenvalue weighted by molar-refractivity contribution is 5.82. The third kappa shape index (κ3) is 1.52. The zero-order valence-electron chi connectivity index (χ0n) is 5.57. The van der Waals surface area contributed by atoms with E-state index in [1.165, 1.54) is 13.8 Å². The highest BCUT2D eigenvalue weighted by atomic mass is 19.1. The van der Waals surface area contributed by atoms with Crippen LogP contribution in [0.5, 0.6) is 0 Å². The van der Waals surface area contributed by atoms with Crippen LogP contribution < -0.4 is 5.73 Å². The van der Waals surface area contributed by atoms with Gasteiger partial charge >= 0.3 is 0 Å². The van der Waals surface area contributed by atoms with Gasteiger partial charge in [-0.1, -0.05) is 6.58 Å². The molecule has 2 nitrogen and oxygen atoms in total. The largest absolute Gasteiger partial charge is 0.369 e. The van der Waals surface area contributed by atoms with Gasteiger partial charge in [0.15, 0.2) is 0 Å². The highest BCUT2D eigenvalue weighted by Crippen LogP contribution is 2.24. The highest BCUT2D eigenvalue weighted by Gasteiger charge is 2.28. The fourth-order valence-corrected chi connectivity index (χ4v) is 0.134. The summed E-state index contributed by atoms with van der Waals surface area (Å²) >= 11 is 0. The molecule has 0 aromatic rings. The molecule has 1 amide bonds. The van der Waals surface area contributed by atoms with Gasteiger partial charge in [-0.3, -0.25) is 4.79 Å². The third-order valence-corrected chi connectivity index (χ3v) is 1.29. The number of nitrogens with two attached hydrogens (primary N) is 1. The van der Waals surface area contributed by atoms with Crippen molar-refractivity contribution in [2.75, 3.05) is 0 Å². The van der Waals surface area contributed by atoms with Gasteiger partial charge in [0.05, 0.1) is 5.41 Å². The second kappa shape index (κ2) is 2.17. The number of carbonyl (C=O) groups is 1. The standard InChI is InChI=1S/C6H10FNO/c1-4(7)6(2,3)5(8)9/h1H2,2-3H3,(H2,8,9). The quantitative estimate of drug-likeness (QED) is 0.596. The van der Waals surface area contributed by atoms with Crippen molar-refractivity contribution in [1.82, 2.24) is 0 Å². The predicted octanol–water partition coefficient (Wildman–Crippen LogP) is 0.981. The average Bonchev–Trinajstić information content (AvgIpc) is 1.65. The fourth-order valence-electron chi connectivity index (χ4n) is 0.134. The van der Waals surface area contributed by atoms with Crippen LogP contribution in [0, 0.1) is 5.41 Å². The molecule has 0 fully saturated rings. The maximum atomic E-state index is 12.2. The van der Waals surface area contributed by atoms with E-state index >= 15 is 0 Å². The van der Waals surface area contributed by atoms with E-state index in [0.29, 0.717) is 0 Å². The number of halogens is 1. The number of primary amides is 1. The Morgan fingerprint density at radius 2 is 2.00 bits per heavy atom. The molecule has 0 aliphatic heterocycles. The van der Waals surface area contributed by atoms with E-state index in [-0.39, 0.29) is 0 Å². The van der Waals surface area contributed by atoms with Gasteiger partial charge in [0.25, 0.3) is 0 Å². The van der Waals surface area contributed by atoms with Gasteiger partial charge in [0.1, 0.15) is 5.83 Å². The minimum absolute atomic E-state index is 0.699. The monoisotopic (exact) mass is 131 g/mol. The van der Waals surface area contributed by atoms with E-state index < -0.39 is 17.1 Å². The van der Waals surface area contributed by atoms with E-state index in [4.69, 9.17) is 5.73 Å². The Morgan fingerprint density at radius 3 is 2.00 bits per heavy atom. The van der Waals surface area contributed by atoms with Crippen LogP contribution in [0.4, 0.5) is 4.39 Å². The molecule has 0 saturated heterocycles. The van der Waals surface area contributed by atoms with Crippen molar-refractivity contribution >= 4 is 5.91 Å². The Balaban J connectivity index is 4.38. The van der Waals surface area contributed by atoms with Gasteiger partial charge in [-0.25, -0.2) is 4.39 Å². The summed E-state index contributed by atoms with van der Waals surface area (Å²) in [6.45, 7) is 5.75. The third-order valence-electron chi connectivity index (χ3n) is 1.29. The van der Waals surface area contributed by atoms with Crippen molar-refractivity contribution in [3.63, 3.8) is 0 Å². The number of carbonyl (C=O) groups excluding carboxylic acids is 1. The summed E-state index contributed by atoms with van der Waals surface area (Å²) in [7, 11) is 0. The first-order valence-corrected chi connectivity index (χ1v) is 2.54. The SMILES string of the molecule is C=C(F)C(C)(C)C(N)=O. The Kier molecular flexibility index (Phi) is 1.96. The maximum Gasteiger partial charge on any atom is 0.229 e. The zero-order valence-corrected chi connectivity index (χ0v) is 5.57. The van der Waals surface area contributed by atoms with E-state index in [0.717, 1.165) is 0 Å². The molecule has 0 atom stereocenters. The Labute approximate surface area is 53.5 Å². The van der Waals surface area contributed by atoms with Crippen LogP contribution in [-0.4, -0.2) is 5.91 Å². The minimum atomic E-state index is -1.22. The molecule has 0 aromatic carbocycles. The molecule has 0 aliphatic carbocycles. The van der Waals surface area contributed by atoms with Gasteiger partial charge < -0.3 is 5.73 Å². The van der Waals surface area contributed by atoms with Gasteiger partial charge in [-0.05, 0) is 13.8 Å². The topological polar surface area (TPSA) is 43.1 Å². The second-order valence-corrected chi connectivity index (χ2v) is 2.39. The van der Waals surface area contributed by atoms with Gasteiger partial charge in [0.2, 0.25) is 5.91 Å². The smallest absolute Gasteiger partial charge is 0.229 e. The zero-order chi connectivity index (χ0) is 7.65. The molecule has 0 rings (SSSR count). The first-order valence-electron chi connectivity index (χ1n) is 2.54. The second-order valence-electron chi connectivity index (χ2n) is 2.39. The first kappa shape index (κ1) is 8.14. The predicted molar refractivity (Wildman–Crippen MR) is 33.2 cm³/mol. The maximum absolute atomic E-state index is 12.2. The van der Waals surface area contributed by atoms with Crippen LogP contribution >= 0.6 is 0 Å². The van der Waals surface area contributed by atoms with Gasteiger partial charge in [-0.2, -0.15) is 0 Å². The summed E-state index contributed by atoms with van der Waals surface area (Å²) in [5, 5.41) is 0. The molecular formula is C6H10FNO. The lowest BCUT2D eigenvalue weighted by Gasteiger charge is -2.15. The van der Waals surface area contributed by atoms with Crippen molar-refractivity contribution < 1.29 is 9.18 Å². The summed E-state index contributed by atoms with van der Waals surface area (Å²) in [6.07, 6.45) is 0. The molecule has 0 aliphatic rings. The van der Waals surface area contributed by atoms with Crippen LogP contribution in [0.2, 0.25) is 0 Å². The molecule has 52 valence electrons. The molecule has 0 aromatic heterocycles. The Bertz CT molecular complexity index is 135. The molecule has 0 heterocycles. The van der Waals surface area contributed by atoms with E-state index in [1.807, 2.05) is 0 Å². The lowest BCUT2D eigenvalue weighted by molar-refractivity contribution is -0.124. The lowest BCUT2D eigenvalue weighted by atomic mass is 9.92. The molecule has 0 unspecified atom stereocenters. The summed E-state index contributed by atoms with van der Waals surface area (Å²) in [4.78, 5) is 10.4. The summed E-state index contributed by atoms with van der Waals surface area (Å²) in [5.41, 5.74) is 3.61.